The van der Waals surface area contributed by atoms with E-state index in [4.69, 9.17) is 17.3 Å². The molecule has 3 aliphatic rings. The fraction of sp³-hybridized carbons (Fsp3) is 0.429. The van der Waals surface area contributed by atoms with Crippen molar-refractivity contribution in [3.05, 3.63) is 40.4 Å². The number of nitrogen functional groups attached to an aromatic ring is 1. The second kappa shape index (κ2) is 6.90. The molecule has 0 saturated carbocycles. The zero-order chi connectivity index (χ0) is 18.9. The Hall–Kier alpha value is -1.82. The molecule has 2 saturated heterocycles. The van der Waals surface area contributed by atoms with E-state index in [0.717, 1.165) is 25.7 Å². The van der Waals surface area contributed by atoms with Crippen LogP contribution in [0.4, 0.5) is 5.69 Å². The number of amides is 2. The van der Waals surface area contributed by atoms with Crippen LogP contribution in [0.5, 0.6) is 0 Å². The summed E-state index contributed by atoms with van der Waals surface area (Å²) in [6.45, 7) is 0. The molecule has 3 heterocycles. The van der Waals surface area contributed by atoms with Crippen LogP contribution in [0, 0.1) is 0 Å². The zero-order valence-corrected chi connectivity index (χ0v) is 17.2. The first-order chi connectivity index (χ1) is 13.0. The molecule has 5 nitrogen and oxygen atoms in total. The number of carbonyl (C=O) groups is 2. The second-order valence-corrected chi connectivity index (χ2v) is 8.46. The lowest BCUT2D eigenvalue weighted by Crippen LogP contribution is -2.58. The highest BCUT2D eigenvalue weighted by molar-refractivity contribution is 6.37. The van der Waals surface area contributed by atoms with Crippen LogP contribution in [0.15, 0.2) is 24.3 Å². The first-order valence-electron chi connectivity index (χ1n) is 9.58. The van der Waals surface area contributed by atoms with Gasteiger partial charge in [-0.1, -0.05) is 30.2 Å². The van der Waals surface area contributed by atoms with Crippen molar-refractivity contribution in [3.63, 3.8) is 0 Å². The number of rotatable bonds is 1. The van der Waals surface area contributed by atoms with E-state index >= 15 is 0 Å². The van der Waals surface area contributed by atoms with Crippen molar-refractivity contribution in [1.29, 1.82) is 0 Å². The molecule has 2 amide bonds. The monoisotopic (exact) mass is 419 g/mol. The molecular formula is C21H23Cl2N3O2. The van der Waals surface area contributed by atoms with Crippen LogP contribution >= 0.6 is 24.0 Å². The quantitative estimate of drug-likeness (QED) is 0.557. The number of hydrogen-bond acceptors (Lipinski definition) is 4. The van der Waals surface area contributed by atoms with Gasteiger partial charge >= 0.3 is 0 Å². The molecule has 148 valence electrons. The van der Waals surface area contributed by atoms with Gasteiger partial charge in [-0.25, -0.2) is 0 Å². The Morgan fingerprint density at radius 3 is 2.36 bits per heavy atom. The normalized spacial score (nSPS) is 27.1. The molecule has 5 rings (SSSR count). The average Bonchev–Trinajstić information content (AvgIpc) is 2.64. The van der Waals surface area contributed by atoms with Gasteiger partial charge in [0.15, 0.2) is 0 Å². The fourth-order valence-electron chi connectivity index (χ4n) is 5.30. The molecule has 0 spiro atoms. The van der Waals surface area contributed by atoms with Gasteiger partial charge in [0.05, 0.1) is 16.3 Å². The lowest BCUT2D eigenvalue weighted by atomic mass is 9.80. The van der Waals surface area contributed by atoms with Gasteiger partial charge in [0.1, 0.15) is 0 Å². The van der Waals surface area contributed by atoms with E-state index in [1.165, 1.54) is 11.3 Å². The van der Waals surface area contributed by atoms with Crippen LogP contribution in [0.3, 0.4) is 0 Å². The number of nitrogens with two attached hydrogens (primary N) is 1. The molecule has 2 bridgehead atoms. The van der Waals surface area contributed by atoms with Crippen LogP contribution in [0.2, 0.25) is 5.02 Å². The van der Waals surface area contributed by atoms with Crippen molar-refractivity contribution in [2.75, 3.05) is 12.8 Å². The van der Waals surface area contributed by atoms with Crippen LogP contribution in [0.25, 0.3) is 10.8 Å². The Morgan fingerprint density at radius 1 is 1.04 bits per heavy atom. The summed E-state index contributed by atoms with van der Waals surface area (Å²) in [5.41, 5.74) is 7.56. The highest BCUT2D eigenvalue weighted by Crippen LogP contribution is 2.41. The molecule has 3 aliphatic heterocycles. The zero-order valence-electron chi connectivity index (χ0n) is 15.7. The minimum Gasteiger partial charge on any atom is -0.397 e. The van der Waals surface area contributed by atoms with Gasteiger partial charge in [-0.2, -0.15) is 0 Å². The summed E-state index contributed by atoms with van der Waals surface area (Å²) < 4.78 is 0. The van der Waals surface area contributed by atoms with E-state index in [-0.39, 0.29) is 30.3 Å². The summed E-state index contributed by atoms with van der Waals surface area (Å²) in [5, 5.41) is 1.67. The summed E-state index contributed by atoms with van der Waals surface area (Å²) in [5.74, 6) is -0.439. The largest absolute Gasteiger partial charge is 0.397 e. The molecule has 3 atom stereocenters. The highest BCUT2D eigenvalue weighted by Gasteiger charge is 2.44. The number of piperidine rings is 2. The van der Waals surface area contributed by atoms with Gasteiger partial charge in [-0.15, -0.1) is 12.4 Å². The van der Waals surface area contributed by atoms with E-state index < -0.39 is 0 Å². The van der Waals surface area contributed by atoms with Crippen LogP contribution < -0.4 is 5.73 Å². The lowest BCUT2D eigenvalue weighted by molar-refractivity contribution is 0.0108. The Bertz CT molecular complexity index is 979. The summed E-state index contributed by atoms with van der Waals surface area (Å²) >= 11 is 6.29. The van der Waals surface area contributed by atoms with Gasteiger partial charge in [0, 0.05) is 34.5 Å². The van der Waals surface area contributed by atoms with Crippen molar-refractivity contribution in [1.82, 2.24) is 9.80 Å². The van der Waals surface area contributed by atoms with Crippen molar-refractivity contribution in [2.24, 2.45) is 0 Å². The molecule has 2 aromatic carbocycles. The van der Waals surface area contributed by atoms with Crippen molar-refractivity contribution >= 4 is 52.3 Å². The van der Waals surface area contributed by atoms with E-state index in [1.807, 2.05) is 12.1 Å². The first-order valence-corrected chi connectivity index (χ1v) is 9.95. The molecule has 0 aliphatic carbocycles. The lowest BCUT2D eigenvalue weighted by Gasteiger charge is -2.49. The number of hydrogen-bond donors (Lipinski definition) is 1. The molecule has 0 unspecified atom stereocenters. The SMILES string of the molecule is CN1[C@@H]2CCC[C@H]1C[C@H](N1C(=O)c3cccc4c(N)c(Cl)cc(c34)C1=O)C2.Cl. The average molecular weight is 420 g/mol. The highest BCUT2D eigenvalue weighted by atomic mass is 35.5. The van der Waals surface area contributed by atoms with Crippen molar-refractivity contribution in [2.45, 2.75) is 50.2 Å². The Labute approximate surface area is 175 Å². The predicted octanol–water partition coefficient (Wildman–Crippen LogP) is 4.11. The molecule has 28 heavy (non-hydrogen) atoms. The predicted molar refractivity (Wildman–Crippen MR) is 113 cm³/mol. The van der Waals surface area contributed by atoms with E-state index in [2.05, 4.69) is 11.9 Å². The number of halogens is 2. The van der Waals surface area contributed by atoms with Crippen molar-refractivity contribution in [3.8, 4) is 0 Å². The number of carbonyl (C=O) groups excluding carboxylic acids is 2. The second-order valence-electron chi connectivity index (χ2n) is 8.06. The molecule has 7 heteroatoms. The standard InChI is InChI=1S/C21H22ClN3O2.ClH/c1-24-11-4-2-5-12(24)9-13(8-11)25-20(26)15-7-3-6-14-18(15)16(21(25)27)10-17(22)19(14)23;/h3,6-7,10-13H,2,4-5,8-9,23H2,1H3;1H/t11-,12+,13-;. The molecule has 0 aromatic heterocycles. The minimum atomic E-state index is -0.238. The third kappa shape index (κ3) is 2.64. The van der Waals surface area contributed by atoms with Gasteiger partial charge in [0.2, 0.25) is 0 Å². The molecule has 2 N–H and O–H groups in total. The van der Waals surface area contributed by atoms with Gasteiger partial charge in [-0.3, -0.25) is 14.5 Å². The molecule has 2 fully saturated rings. The molecule has 2 aromatic rings. The van der Waals surface area contributed by atoms with Gasteiger partial charge in [-0.05, 0) is 44.9 Å². The minimum absolute atomic E-state index is 0. The Kier molecular flexibility index (Phi) is 4.81. The van der Waals surface area contributed by atoms with E-state index in [0.29, 0.717) is 44.7 Å². The number of anilines is 1. The fourth-order valence-corrected chi connectivity index (χ4v) is 5.51. The summed E-state index contributed by atoms with van der Waals surface area (Å²) in [6, 6.07) is 7.86. The maximum absolute atomic E-state index is 13.4. The topological polar surface area (TPSA) is 66.6 Å². The van der Waals surface area contributed by atoms with Gasteiger partial charge in [0.25, 0.3) is 11.8 Å². The van der Waals surface area contributed by atoms with Crippen molar-refractivity contribution < 1.29 is 9.59 Å². The third-order valence-electron chi connectivity index (χ3n) is 6.73. The van der Waals surface area contributed by atoms with E-state index in [9.17, 15) is 9.59 Å². The Balaban J connectivity index is 0.00000192. The number of fused-ring (bicyclic) bond motifs is 2. The summed E-state index contributed by atoms with van der Waals surface area (Å²) in [6.07, 6.45) is 5.19. The van der Waals surface area contributed by atoms with Crippen LogP contribution in [0.1, 0.15) is 52.8 Å². The third-order valence-corrected chi connectivity index (χ3v) is 7.04. The van der Waals surface area contributed by atoms with E-state index in [1.54, 1.807) is 12.1 Å². The number of nitrogens with zero attached hydrogens (tertiary/aromatic N) is 2. The number of imide groups is 1. The smallest absolute Gasteiger partial charge is 0.261 e. The molecular weight excluding hydrogens is 397 g/mol. The maximum atomic E-state index is 13.4. The van der Waals surface area contributed by atoms with Crippen LogP contribution in [-0.2, 0) is 0 Å². The maximum Gasteiger partial charge on any atom is 0.261 e. The van der Waals surface area contributed by atoms with Gasteiger partial charge < -0.3 is 10.6 Å². The molecule has 0 radical (unpaired) electrons. The Morgan fingerprint density at radius 2 is 1.68 bits per heavy atom. The van der Waals surface area contributed by atoms with Crippen LogP contribution in [-0.4, -0.2) is 46.8 Å². The summed E-state index contributed by atoms with van der Waals surface area (Å²) in [4.78, 5) is 30.6. The summed E-state index contributed by atoms with van der Waals surface area (Å²) in [7, 11) is 2.17. The first kappa shape index (κ1) is 19.5. The number of benzene rings is 2.